The van der Waals surface area contributed by atoms with Crippen LogP contribution in [0.15, 0.2) is 18.2 Å². The number of hydrogen-bond donors (Lipinski definition) is 1. The quantitative estimate of drug-likeness (QED) is 0.911. The largest absolute Gasteiger partial charge is 0.369 e. The molecule has 4 nitrogen and oxygen atoms in total. The van der Waals surface area contributed by atoms with Gasteiger partial charge in [-0.05, 0) is 42.9 Å². The summed E-state index contributed by atoms with van der Waals surface area (Å²) in [5.74, 6) is 0.562. The van der Waals surface area contributed by atoms with E-state index in [0.717, 1.165) is 17.6 Å². The predicted molar refractivity (Wildman–Crippen MR) is 75.4 cm³/mol. The van der Waals surface area contributed by atoms with Crippen molar-refractivity contribution in [3.05, 3.63) is 23.8 Å². The van der Waals surface area contributed by atoms with Crippen molar-refractivity contribution in [1.82, 2.24) is 9.55 Å². The van der Waals surface area contributed by atoms with Crippen molar-refractivity contribution in [2.45, 2.75) is 39.2 Å². The molecule has 2 N–H and O–H groups in total. The predicted octanol–water partition coefficient (Wildman–Crippen LogP) is 3.07. The lowest BCUT2D eigenvalue weighted by Crippen LogP contribution is -2.13. The molecule has 0 unspecified atom stereocenters. The zero-order valence-electron chi connectivity index (χ0n) is 11.2. The highest BCUT2D eigenvalue weighted by Crippen LogP contribution is 2.51. The lowest BCUT2D eigenvalue weighted by Gasteiger charge is -2.16. The summed E-state index contributed by atoms with van der Waals surface area (Å²) in [6, 6.07) is 7.73. The van der Waals surface area contributed by atoms with E-state index in [1.165, 1.54) is 25.7 Å². The van der Waals surface area contributed by atoms with Crippen LogP contribution in [0.2, 0.25) is 0 Å². The van der Waals surface area contributed by atoms with Crippen LogP contribution < -0.4 is 5.73 Å². The molecule has 98 valence electrons. The molecule has 1 heterocycles. The van der Waals surface area contributed by atoms with E-state index >= 15 is 0 Å². The number of imidazole rings is 1. The number of fused-ring (bicyclic) bond motifs is 1. The fraction of sp³-hybridized carbons (Fsp3) is 0.467. The molecule has 1 aromatic heterocycles. The molecular formula is C15H18N4. The molecule has 1 saturated carbocycles. The zero-order chi connectivity index (χ0) is 13.5. The van der Waals surface area contributed by atoms with E-state index in [1.807, 2.05) is 12.1 Å². The first kappa shape index (κ1) is 12.0. The highest BCUT2D eigenvalue weighted by atomic mass is 15.2. The van der Waals surface area contributed by atoms with Crippen molar-refractivity contribution in [3.8, 4) is 6.07 Å². The van der Waals surface area contributed by atoms with E-state index in [4.69, 9.17) is 11.0 Å². The summed E-state index contributed by atoms with van der Waals surface area (Å²) in [5.41, 5.74) is 8.99. The number of aromatic nitrogens is 2. The number of nitriles is 1. The van der Waals surface area contributed by atoms with Crippen molar-refractivity contribution >= 4 is 17.0 Å². The minimum atomic E-state index is 0.416. The molecule has 1 fully saturated rings. The van der Waals surface area contributed by atoms with Crippen LogP contribution in [0.3, 0.4) is 0 Å². The monoisotopic (exact) mass is 254 g/mol. The van der Waals surface area contributed by atoms with Gasteiger partial charge < -0.3 is 10.3 Å². The second-order valence-electron chi connectivity index (χ2n) is 5.62. The summed E-state index contributed by atoms with van der Waals surface area (Å²) in [6.07, 6.45) is 5.00. The summed E-state index contributed by atoms with van der Waals surface area (Å²) in [7, 11) is 0. The minimum Gasteiger partial charge on any atom is -0.369 e. The standard InChI is InChI=1S/C15H18N4/c1-2-5-15(6-7-15)10-19-13-8-11(9-16)3-4-12(13)18-14(19)17/h3-4,8H,2,5-7,10H2,1H3,(H2,17,18). The minimum absolute atomic E-state index is 0.416. The van der Waals surface area contributed by atoms with E-state index in [9.17, 15) is 0 Å². The van der Waals surface area contributed by atoms with Crippen molar-refractivity contribution < 1.29 is 0 Å². The van der Waals surface area contributed by atoms with Crippen molar-refractivity contribution in [2.24, 2.45) is 5.41 Å². The van der Waals surface area contributed by atoms with Gasteiger partial charge in [0.1, 0.15) is 0 Å². The molecule has 0 bridgehead atoms. The third-order valence-electron chi connectivity index (χ3n) is 4.14. The van der Waals surface area contributed by atoms with Gasteiger partial charge in [0, 0.05) is 6.54 Å². The van der Waals surface area contributed by atoms with Crippen LogP contribution in [0.25, 0.3) is 11.0 Å². The molecule has 1 aromatic carbocycles. The van der Waals surface area contributed by atoms with Gasteiger partial charge in [0.25, 0.3) is 0 Å². The maximum absolute atomic E-state index is 9.01. The summed E-state index contributed by atoms with van der Waals surface area (Å²) in [5, 5.41) is 9.01. The first-order valence-electron chi connectivity index (χ1n) is 6.83. The summed E-state index contributed by atoms with van der Waals surface area (Å²) >= 11 is 0. The molecule has 4 heteroatoms. The second-order valence-corrected chi connectivity index (χ2v) is 5.62. The van der Waals surface area contributed by atoms with E-state index in [0.29, 0.717) is 16.9 Å². The Morgan fingerprint density at radius 2 is 2.26 bits per heavy atom. The maximum Gasteiger partial charge on any atom is 0.201 e. The molecule has 0 radical (unpaired) electrons. The van der Waals surface area contributed by atoms with Gasteiger partial charge >= 0.3 is 0 Å². The summed E-state index contributed by atoms with van der Waals surface area (Å²) in [6.45, 7) is 3.15. The SMILES string of the molecule is CCCC1(Cn2c(N)nc3ccc(C#N)cc32)CC1. The van der Waals surface area contributed by atoms with Crippen LogP contribution in [0.4, 0.5) is 5.95 Å². The Hall–Kier alpha value is -2.02. The van der Waals surface area contributed by atoms with Gasteiger partial charge in [-0.1, -0.05) is 13.3 Å². The third kappa shape index (κ3) is 2.06. The Balaban J connectivity index is 2.03. The Kier molecular flexibility index (Phi) is 2.70. The Morgan fingerprint density at radius 1 is 1.47 bits per heavy atom. The van der Waals surface area contributed by atoms with Crippen LogP contribution in [0.5, 0.6) is 0 Å². The average Bonchev–Trinajstić information content (AvgIpc) is 3.10. The van der Waals surface area contributed by atoms with Gasteiger partial charge in [-0.2, -0.15) is 5.26 Å². The van der Waals surface area contributed by atoms with Gasteiger partial charge in [0.2, 0.25) is 5.95 Å². The topological polar surface area (TPSA) is 67.6 Å². The Labute approximate surface area is 112 Å². The molecule has 0 saturated heterocycles. The van der Waals surface area contributed by atoms with Crippen LogP contribution in [0, 0.1) is 16.7 Å². The molecule has 0 atom stereocenters. The van der Waals surface area contributed by atoms with Crippen LogP contribution in [0.1, 0.15) is 38.2 Å². The zero-order valence-corrected chi connectivity index (χ0v) is 11.2. The summed E-state index contributed by atoms with van der Waals surface area (Å²) in [4.78, 5) is 4.39. The number of nitrogens with zero attached hydrogens (tertiary/aromatic N) is 3. The average molecular weight is 254 g/mol. The van der Waals surface area contributed by atoms with Gasteiger partial charge in [0.15, 0.2) is 0 Å². The number of hydrogen-bond acceptors (Lipinski definition) is 3. The molecule has 3 rings (SSSR count). The highest BCUT2D eigenvalue weighted by molar-refractivity contribution is 5.79. The van der Waals surface area contributed by atoms with Gasteiger partial charge in [0.05, 0.1) is 22.7 Å². The normalized spacial score (nSPS) is 16.4. The Morgan fingerprint density at radius 3 is 2.89 bits per heavy atom. The van der Waals surface area contributed by atoms with E-state index < -0.39 is 0 Å². The van der Waals surface area contributed by atoms with E-state index in [2.05, 4.69) is 22.5 Å². The fourth-order valence-corrected chi connectivity index (χ4v) is 2.91. The smallest absolute Gasteiger partial charge is 0.201 e. The number of anilines is 1. The number of benzene rings is 1. The number of nitrogens with two attached hydrogens (primary N) is 1. The third-order valence-corrected chi connectivity index (χ3v) is 4.14. The van der Waals surface area contributed by atoms with Crippen molar-refractivity contribution in [1.29, 1.82) is 5.26 Å². The molecule has 1 aliphatic rings. The van der Waals surface area contributed by atoms with Crippen molar-refractivity contribution in [3.63, 3.8) is 0 Å². The van der Waals surface area contributed by atoms with Crippen LogP contribution >= 0.6 is 0 Å². The number of rotatable bonds is 4. The lowest BCUT2D eigenvalue weighted by atomic mass is 10.0. The maximum atomic E-state index is 9.01. The van der Waals surface area contributed by atoms with E-state index in [-0.39, 0.29) is 0 Å². The fourth-order valence-electron chi connectivity index (χ4n) is 2.91. The molecule has 0 spiro atoms. The highest BCUT2D eigenvalue weighted by Gasteiger charge is 2.42. The van der Waals surface area contributed by atoms with Crippen LogP contribution in [-0.4, -0.2) is 9.55 Å². The van der Waals surface area contributed by atoms with Gasteiger partial charge in [-0.25, -0.2) is 4.98 Å². The summed E-state index contributed by atoms with van der Waals surface area (Å²) < 4.78 is 2.08. The Bertz CT molecular complexity index is 659. The van der Waals surface area contributed by atoms with E-state index in [1.54, 1.807) is 6.07 Å². The molecule has 1 aliphatic carbocycles. The molecule has 0 amide bonds. The number of nitrogen functional groups attached to an aromatic ring is 1. The van der Waals surface area contributed by atoms with Gasteiger partial charge in [-0.15, -0.1) is 0 Å². The lowest BCUT2D eigenvalue weighted by molar-refractivity contribution is 0.396. The first-order chi connectivity index (χ1) is 9.17. The molecular weight excluding hydrogens is 236 g/mol. The molecule has 19 heavy (non-hydrogen) atoms. The molecule has 2 aromatic rings. The van der Waals surface area contributed by atoms with Crippen molar-refractivity contribution in [2.75, 3.05) is 5.73 Å². The molecule has 0 aliphatic heterocycles. The van der Waals surface area contributed by atoms with Crippen LogP contribution in [-0.2, 0) is 6.54 Å². The second kappa shape index (κ2) is 4.27. The van der Waals surface area contributed by atoms with Gasteiger partial charge in [-0.3, -0.25) is 0 Å². The first-order valence-corrected chi connectivity index (χ1v) is 6.83.